The predicted molar refractivity (Wildman–Crippen MR) is 61.4 cm³/mol. The summed E-state index contributed by atoms with van der Waals surface area (Å²) in [7, 11) is 0. The largest absolute Gasteiger partial charge is 0.388 e. The molecule has 1 atom stereocenters. The molecule has 1 N–H and O–H groups in total. The minimum Gasteiger partial charge on any atom is -0.388 e. The van der Waals surface area contributed by atoms with E-state index in [1.165, 1.54) is 12.3 Å². The molecule has 0 fully saturated rings. The zero-order valence-corrected chi connectivity index (χ0v) is 9.31. The van der Waals surface area contributed by atoms with Gasteiger partial charge in [-0.05, 0) is 37.5 Å². The van der Waals surface area contributed by atoms with Crippen molar-refractivity contribution in [3.63, 3.8) is 0 Å². The summed E-state index contributed by atoms with van der Waals surface area (Å²) in [5.41, 5.74) is 2.06. The Morgan fingerprint density at radius 1 is 1.35 bits per heavy atom. The zero-order valence-electron chi connectivity index (χ0n) is 9.31. The van der Waals surface area contributed by atoms with Gasteiger partial charge in [-0.3, -0.25) is 0 Å². The van der Waals surface area contributed by atoms with E-state index in [0.29, 0.717) is 5.82 Å². The highest BCUT2D eigenvalue weighted by atomic mass is 19.1. The van der Waals surface area contributed by atoms with Crippen molar-refractivity contribution in [1.82, 2.24) is 9.55 Å². The van der Waals surface area contributed by atoms with Crippen LogP contribution in [0, 0.1) is 5.82 Å². The van der Waals surface area contributed by atoms with Crippen LogP contribution >= 0.6 is 0 Å². The van der Waals surface area contributed by atoms with Crippen LogP contribution in [0.2, 0.25) is 0 Å². The van der Waals surface area contributed by atoms with E-state index in [1.807, 2.05) is 16.8 Å². The van der Waals surface area contributed by atoms with Crippen molar-refractivity contribution >= 4 is 0 Å². The first-order valence-corrected chi connectivity index (χ1v) is 5.76. The van der Waals surface area contributed by atoms with E-state index >= 15 is 0 Å². The van der Waals surface area contributed by atoms with Gasteiger partial charge in [0.15, 0.2) is 0 Å². The molecule has 4 heteroatoms. The Morgan fingerprint density at radius 3 is 3.00 bits per heavy atom. The molecule has 0 saturated carbocycles. The van der Waals surface area contributed by atoms with E-state index in [9.17, 15) is 9.50 Å². The number of aromatic nitrogens is 2. The second-order valence-corrected chi connectivity index (χ2v) is 4.33. The maximum absolute atomic E-state index is 12.8. The van der Waals surface area contributed by atoms with Crippen molar-refractivity contribution in [2.24, 2.45) is 0 Å². The van der Waals surface area contributed by atoms with E-state index in [0.717, 1.165) is 30.5 Å². The van der Waals surface area contributed by atoms with Gasteiger partial charge >= 0.3 is 0 Å². The summed E-state index contributed by atoms with van der Waals surface area (Å²) in [4.78, 5) is 4.06. The van der Waals surface area contributed by atoms with E-state index in [2.05, 4.69) is 4.98 Å². The zero-order chi connectivity index (χ0) is 11.8. The number of nitrogens with zero attached hydrogens (tertiary/aromatic N) is 2. The molecule has 2 aromatic rings. The Bertz CT molecular complexity index is 533. The van der Waals surface area contributed by atoms with Crippen LogP contribution in [0.3, 0.4) is 0 Å². The fraction of sp³-hybridized carbons (Fsp3) is 0.308. The molecule has 0 spiro atoms. The highest BCUT2D eigenvalue weighted by Crippen LogP contribution is 2.31. The Morgan fingerprint density at radius 2 is 2.24 bits per heavy atom. The van der Waals surface area contributed by atoms with Crippen LogP contribution < -0.4 is 0 Å². The van der Waals surface area contributed by atoms with Crippen molar-refractivity contribution in [1.29, 1.82) is 0 Å². The molecule has 0 aromatic carbocycles. The molecule has 0 bridgehead atoms. The average molecular weight is 232 g/mol. The van der Waals surface area contributed by atoms with Gasteiger partial charge in [0.25, 0.3) is 0 Å². The lowest BCUT2D eigenvalue weighted by atomic mass is 9.95. The van der Waals surface area contributed by atoms with Crippen LogP contribution in [0.15, 0.2) is 30.6 Å². The standard InChI is InChI=1S/C13H13FN2O/c14-9-4-5-13(15-8-9)16-7-6-10-11(16)2-1-3-12(10)17/h4-8,12,17H,1-3H2. The third kappa shape index (κ3) is 1.74. The van der Waals surface area contributed by atoms with Crippen LogP contribution in [0.5, 0.6) is 0 Å². The molecule has 0 radical (unpaired) electrons. The lowest BCUT2D eigenvalue weighted by molar-refractivity contribution is 0.156. The Kier molecular flexibility index (Phi) is 2.44. The van der Waals surface area contributed by atoms with Gasteiger partial charge in [-0.2, -0.15) is 0 Å². The van der Waals surface area contributed by atoms with E-state index in [1.54, 1.807) is 6.07 Å². The van der Waals surface area contributed by atoms with Gasteiger partial charge in [0, 0.05) is 17.5 Å². The molecule has 3 nitrogen and oxygen atoms in total. The molecule has 17 heavy (non-hydrogen) atoms. The summed E-state index contributed by atoms with van der Waals surface area (Å²) in [6.07, 6.45) is 5.44. The van der Waals surface area contributed by atoms with Crippen LogP contribution in [0.25, 0.3) is 5.82 Å². The lowest BCUT2D eigenvalue weighted by Crippen LogP contribution is -2.11. The molecule has 88 valence electrons. The fourth-order valence-corrected chi connectivity index (χ4v) is 2.39. The highest BCUT2D eigenvalue weighted by molar-refractivity contribution is 5.35. The number of aliphatic hydroxyl groups is 1. The molecule has 2 heterocycles. The first-order valence-electron chi connectivity index (χ1n) is 5.76. The second kappa shape index (κ2) is 3.96. The minimum absolute atomic E-state index is 0.338. The second-order valence-electron chi connectivity index (χ2n) is 4.33. The van der Waals surface area contributed by atoms with Crippen molar-refractivity contribution < 1.29 is 9.50 Å². The monoisotopic (exact) mass is 232 g/mol. The number of hydrogen-bond acceptors (Lipinski definition) is 2. The first kappa shape index (κ1) is 10.5. The molecule has 0 amide bonds. The number of halogens is 1. The highest BCUT2D eigenvalue weighted by Gasteiger charge is 2.21. The van der Waals surface area contributed by atoms with E-state index < -0.39 is 0 Å². The van der Waals surface area contributed by atoms with Crippen molar-refractivity contribution in [2.45, 2.75) is 25.4 Å². The third-order valence-electron chi connectivity index (χ3n) is 3.24. The summed E-state index contributed by atoms with van der Waals surface area (Å²) in [5, 5.41) is 9.87. The average Bonchev–Trinajstić information content (AvgIpc) is 2.75. The molecule has 1 aliphatic rings. The summed E-state index contributed by atoms with van der Waals surface area (Å²) in [6.45, 7) is 0. The van der Waals surface area contributed by atoms with Gasteiger partial charge in [-0.25, -0.2) is 9.37 Å². The Labute approximate surface area is 98.5 Å². The Hall–Kier alpha value is -1.68. The number of aliphatic hydroxyl groups excluding tert-OH is 1. The van der Waals surface area contributed by atoms with Gasteiger partial charge in [0.1, 0.15) is 11.6 Å². The first-order chi connectivity index (χ1) is 8.25. The number of hydrogen-bond donors (Lipinski definition) is 1. The summed E-state index contributed by atoms with van der Waals surface area (Å²) in [5.74, 6) is 0.358. The molecule has 2 aromatic heterocycles. The number of pyridine rings is 1. The summed E-state index contributed by atoms with van der Waals surface area (Å²) in [6, 6.07) is 4.97. The molecule has 0 aliphatic heterocycles. The molecule has 1 unspecified atom stereocenters. The molecule has 3 rings (SSSR count). The SMILES string of the molecule is OC1CCCc2c1ccn2-c1ccc(F)cn1. The number of fused-ring (bicyclic) bond motifs is 1. The van der Waals surface area contributed by atoms with E-state index in [-0.39, 0.29) is 11.9 Å². The molecule has 0 saturated heterocycles. The Balaban J connectivity index is 2.07. The van der Waals surface area contributed by atoms with E-state index in [4.69, 9.17) is 0 Å². The molecule has 1 aliphatic carbocycles. The topological polar surface area (TPSA) is 38.0 Å². The predicted octanol–water partition coefficient (Wildman–Crippen LogP) is 2.38. The number of rotatable bonds is 1. The van der Waals surface area contributed by atoms with Crippen LogP contribution in [0.4, 0.5) is 4.39 Å². The van der Waals surface area contributed by atoms with Crippen molar-refractivity contribution in [3.8, 4) is 5.82 Å². The van der Waals surface area contributed by atoms with Crippen LogP contribution in [-0.2, 0) is 6.42 Å². The quantitative estimate of drug-likeness (QED) is 0.819. The molecular weight excluding hydrogens is 219 g/mol. The summed E-state index contributed by atoms with van der Waals surface area (Å²) < 4.78 is 14.7. The smallest absolute Gasteiger partial charge is 0.141 e. The minimum atomic E-state index is -0.375. The van der Waals surface area contributed by atoms with Gasteiger partial charge in [-0.15, -0.1) is 0 Å². The maximum atomic E-state index is 12.8. The van der Waals surface area contributed by atoms with Crippen LogP contribution in [0.1, 0.15) is 30.2 Å². The van der Waals surface area contributed by atoms with Crippen LogP contribution in [-0.4, -0.2) is 14.7 Å². The van der Waals surface area contributed by atoms with Crippen molar-refractivity contribution in [2.75, 3.05) is 0 Å². The van der Waals surface area contributed by atoms with Gasteiger partial charge in [-0.1, -0.05) is 0 Å². The third-order valence-corrected chi connectivity index (χ3v) is 3.24. The summed E-state index contributed by atoms with van der Waals surface area (Å²) >= 11 is 0. The van der Waals surface area contributed by atoms with Crippen molar-refractivity contribution in [3.05, 3.63) is 47.7 Å². The van der Waals surface area contributed by atoms with Gasteiger partial charge in [0.2, 0.25) is 0 Å². The normalized spacial score (nSPS) is 19.1. The lowest BCUT2D eigenvalue weighted by Gasteiger charge is -2.19. The maximum Gasteiger partial charge on any atom is 0.141 e. The fourth-order valence-electron chi connectivity index (χ4n) is 2.39. The van der Waals surface area contributed by atoms with Gasteiger partial charge < -0.3 is 9.67 Å². The van der Waals surface area contributed by atoms with Gasteiger partial charge in [0.05, 0.1) is 12.3 Å². The molecular formula is C13H13FN2O.